The topological polar surface area (TPSA) is 106 Å². The summed E-state index contributed by atoms with van der Waals surface area (Å²) in [5.41, 5.74) is 2.41. The second kappa shape index (κ2) is 6.11. The van der Waals surface area contributed by atoms with Crippen molar-refractivity contribution in [2.24, 2.45) is 0 Å². The normalized spacial score (nSPS) is 10.5. The number of anilines is 1. The van der Waals surface area contributed by atoms with E-state index in [0.717, 1.165) is 16.9 Å². The molecule has 0 unspecified atom stereocenters. The van der Waals surface area contributed by atoms with Crippen LogP contribution in [0, 0.1) is 17.0 Å². The van der Waals surface area contributed by atoms with E-state index in [1.807, 2.05) is 0 Å². The average molecular weight is 277 g/mol. The van der Waals surface area contributed by atoms with Gasteiger partial charge in [0, 0.05) is 17.8 Å². The number of rotatable bonds is 6. The molecule has 0 amide bonds. The molecular formula is C12H15N5O3. The van der Waals surface area contributed by atoms with E-state index >= 15 is 0 Å². The first kappa shape index (κ1) is 13.9. The molecule has 8 nitrogen and oxygen atoms in total. The second-order valence-electron chi connectivity index (χ2n) is 4.31. The summed E-state index contributed by atoms with van der Waals surface area (Å²) in [6.07, 6.45) is 1.74. The van der Waals surface area contributed by atoms with Crippen LogP contribution in [0.25, 0.3) is 0 Å². The summed E-state index contributed by atoms with van der Waals surface area (Å²) in [4.78, 5) is 10.2. The molecule has 0 radical (unpaired) electrons. The maximum Gasteiger partial charge on any atom is 0.269 e. The van der Waals surface area contributed by atoms with Gasteiger partial charge in [-0.2, -0.15) is 0 Å². The number of hydrogen-bond donors (Lipinski definition) is 2. The molecular weight excluding hydrogens is 262 g/mol. The van der Waals surface area contributed by atoms with Gasteiger partial charge in [-0.15, -0.1) is 5.10 Å². The van der Waals surface area contributed by atoms with Crippen LogP contribution in [0.15, 0.2) is 24.4 Å². The molecule has 0 saturated heterocycles. The van der Waals surface area contributed by atoms with Gasteiger partial charge in [0.1, 0.15) is 5.69 Å². The Bertz CT molecular complexity index is 611. The van der Waals surface area contributed by atoms with E-state index in [-0.39, 0.29) is 12.3 Å². The van der Waals surface area contributed by atoms with Crippen molar-refractivity contribution < 1.29 is 10.0 Å². The lowest BCUT2D eigenvalue weighted by Crippen LogP contribution is -2.03. The number of aliphatic hydroxyl groups excluding tert-OH is 1. The molecule has 2 N–H and O–H groups in total. The van der Waals surface area contributed by atoms with E-state index in [1.54, 1.807) is 23.9 Å². The Hall–Kier alpha value is -2.48. The molecule has 8 heteroatoms. The molecule has 2 aromatic rings. The number of non-ortho nitro benzene ring substituents is 1. The molecule has 1 heterocycles. The largest absolute Gasteiger partial charge is 0.394 e. The van der Waals surface area contributed by atoms with Crippen molar-refractivity contribution >= 4 is 11.4 Å². The Balaban J connectivity index is 2.01. The quantitative estimate of drug-likeness (QED) is 0.605. The van der Waals surface area contributed by atoms with Gasteiger partial charge in [0.25, 0.3) is 5.69 Å². The van der Waals surface area contributed by atoms with Gasteiger partial charge in [-0.25, -0.2) is 4.68 Å². The molecule has 0 fully saturated rings. The third kappa shape index (κ3) is 3.29. The highest BCUT2D eigenvalue weighted by atomic mass is 16.6. The zero-order valence-corrected chi connectivity index (χ0v) is 11.0. The Morgan fingerprint density at radius 2 is 2.30 bits per heavy atom. The zero-order valence-electron chi connectivity index (χ0n) is 11.0. The molecule has 0 aliphatic carbocycles. The lowest BCUT2D eigenvalue weighted by atomic mass is 10.2. The number of aryl methyl sites for hydroxylation is 1. The number of nitrogens with zero attached hydrogens (tertiary/aromatic N) is 4. The van der Waals surface area contributed by atoms with Crippen molar-refractivity contribution in [2.45, 2.75) is 20.0 Å². The minimum Gasteiger partial charge on any atom is -0.394 e. The van der Waals surface area contributed by atoms with Gasteiger partial charge in [0.05, 0.1) is 30.8 Å². The minimum atomic E-state index is -0.419. The monoisotopic (exact) mass is 277 g/mol. The molecule has 0 bridgehead atoms. The van der Waals surface area contributed by atoms with Crippen LogP contribution in [0.2, 0.25) is 0 Å². The molecule has 106 valence electrons. The van der Waals surface area contributed by atoms with E-state index in [2.05, 4.69) is 15.6 Å². The number of aliphatic hydroxyl groups is 1. The molecule has 0 aliphatic heterocycles. The van der Waals surface area contributed by atoms with Gasteiger partial charge in [-0.05, 0) is 18.6 Å². The first-order valence-corrected chi connectivity index (χ1v) is 6.09. The maximum absolute atomic E-state index is 10.7. The zero-order chi connectivity index (χ0) is 14.5. The summed E-state index contributed by atoms with van der Waals surface area (Å²) in [7, 11) is 0. The van der Waals surface area contributed by atoms with Crippen LogP contribution in [-0.2, 0) is 13.1 Å². The van der Waals surface area contributed by atoms with Crippen LogP contribution in [0.4, 0.5) is 11.4 Å². The lowest BCUT2D eigenvalue weighted by molar-refractivity contribution is -0.384. The van der Waals surface area contributed by atoms with Gasteiger partial charge in [0.2, 0.25) is 0 Å². The molecule has 1 aromatic heterocycles. The van der Waals surface area contributed by atoms with Crippen molar-refractivity contribution in [1.29, 1.82) is 0 Å². The van der Waals surface area contributed by atoms with Crippen LogP contribution in [0.5, 0.6) is 0 Å². The number of nitro groups is 1. The fraction of sp³-hybridized carbons (Fsp3) is 0.333. The van der Waals surface area contributed by atoms with E-state index in [0.29, 0.717) is 13.1 Å². The standard InChI is InChI=1S/C12H15N5O3/c1-9-6-11(17(19)20)2-3-12(9)13-7-10-8-16(4-5-18)15-14-10/h2-3,6,8,13,18H,4-5,7H2,1H3. The third-order valence-electron chi connectivity index (χ3n) is 2.80. The molecule has 1 aromatic carbocycles. The lowest BCUT2D eigenvalue weighted by Gasteiger charge is -2.07. The summed E-state index contributed by atoms with van der Waals surface area (Å²) in [5.74, 6) is 0. The van der Waals surface area contributed by atoms with Crippen LogP contribution in [0.1, 0.15) is 11.3 Å². The predicted octanol–water partition coefficient (Wildman–Crippen LogP) is 1.10. The molecule has 0 spiro atoms. The van der Waals surface area contributed by atoms with E-state index in [1.165, 1.54) is 12.1 Å². The SMILES string of the molecule is Cc1cc([N+](=O)[O-])ccc1NCc1cn(CCO)nn1. The molecule has 2 rings (SSSR count). The van der Waals surface area contributed by atoms with Crippen molar-refractivity contribution in [3.8, 4) is 0 Å². The van der Waals surface area contributed by atoms with Crippen molar-refractivity contribution in [3.05, 3.63) is 45.8 Å². The summed E-state index contributed by atoms with van der Waals surface area (Å²) in [6.45, 7) is 2.68. The number of hydrogen-bond acceptors (Lipinski definition) is 6. The summed E-state index contributed by atoms with van der Waals surface area (Å²) in [6, 6.07) is 4.65. The first-order valence-electron chi connectivity index (χ1n) is 6.09. The molecule has 0 saturated carbocycles. The number of nitrogens with one attached hydrogen (secondary N) is 1. The third-order valence-corrected chi connectivity index (χ3v) is 2.80. The highest BCUT2D eigenvalue weighted by Gasteiger charge is 2.08. The molecule has 0 atom stereocenters. The second-order valence-corrected chi connectivity index (χ2v) is 4.31. The van der Waals surface area contributed by atoms with Gasteiger partial charge >= 0.3 is 0 Å². The smallest absolute Gasteiger partial charge is 0.269 e. The summed E-state index contributed by atoms with van der Waals surface area (Å²) >= 11 is 0. The fourth-order valence-electron chi connectivity index (χ4n) is 1.78. The number of aromatic nitrogens is 3. The van der Waals surface area contributed by atoms with Crippen molar-refractivity contribution in [3.63, 3.8) is 0 Å². The Morgan fingerprint density at radius 3 is 2.95 bits per heavy atom. The molecule has 20 heavy (non-hydrogen) atoms. The van der Waals surface area contributed by atoms with Crippen LogP contribution >= 0.6 is 0 Å². The van der Waals surface area contributed by atoms with Gasteiger partial charge in [0.15, 0.2) is 0 Å². The number of nitro benzene ring substituents is 1. The Kier molecular flexibility index (Phi) is 4.26. The van der Waals surface area contributed by atoms with Crippen LogP contribution < -0.4 is 5.32 Å². The maximum atomic E-state index is 10.7. The Labute approximate surface area is 115 Å². The minimum absolute atomic E-state index is 0.0116. The number of benzene rings is 1. The van der Waals surface area contributed by atoms with E-state index < -0.39 is 4.92 Å². The Morgan fingerprint density at radius 1 is 1.50 bits per heavy atom. The van der Waals surface area contributed by atoms with E-state index in [9.17, 15) is 10.1 Å². The fourth-order valence-corrected chi connectivity index (χ4v) is 1.78. The van der Waals surface area contributed by atoms with Crippen molar-refractivity contribution in [1.82, 2.24) is 15.0 Å². The van der Waals surface area contributed by atoms with Crippen molar-refractivity contribution in [2.75, 3.05) is 11.9 Å². The van der Waals surface area contributed by atoms with Gasteiger partial charge in [-0.3, -0.25) is 10.1 Å². The average Bonchev–Trinajstić information content (AvgIpc) is 2.85. The highest BCUT2D eigenvalue weighted by molar-refractivity contribution is 5.55. The summed E-state index contributed by atoms with van der Waals surface area (Å²) < 4.78 is 1.56. The van der Waals surface area contributed by atoms with Crippen LogP contribution in [-0.4, -0.2) is 31.6 Å². The van der Waals surface area contributed by atoms with Gasteiger partial charge < -0.3 is 10.4 Å². The van der Waals surface area contributed by atoms with Gasteiger partial charge in [-0.1, -0.05) is 5.21 Å². The van der Waals surface area contributed by atoms with E-state index in [4.69, 9.17) is 5.11 Å². The van der Waals surface area contributed by atoms with Crippen LogP contribution in [0.3, 0.4) is 0 Å². The summed E-state index contributed by atoms with van der Waals surface area (Å²) in [5, 5.41) is 30.4. The first-order chi connectivity index (χ1) is 9.60. The highest BCUT2D eigenvalue weighted by Crippen LogP contribution is 2.21. The predicted molar refractivity (Wildman–Crippen MR) is 72.3 cm³/mol. The molecule has 0 aliphatic rings.